The van der Waals surface area contributed by atoms with Crippen molar-refractivity contribution in [3.05, 3.63) is 29.8 Å². The van der Waals surface area contributed by atoms with Gasteiger partial charge in [-0.05, 0) is 31.0 Å². The zero-order chi connectivity index (χ0) is 12.0. The molecule has 3 heteroatoms. The molecular formula is C13H21NO2. The van der Waals surface area contributed by atoms with E-state index in [0.29, 0.717) is 0 Å². The maximum Gasteiger partial charge on any atom is 0.176 e. The lowest BCUT2D eigenvalue weighted by Gasteiger charge is -2.23. The molecule has 0 spiro atoms. The molecule has 0 aliphatic rings. The number of nitrogens with one attached hydrogen (secondary N) is 1. The standard InChI is InChI=1S/C13H21NO2/c1-5-11-6-8-12(9-7-11)14-10(2)13(15-3)16-4/h6-10,13-14H,5H2,1-4H3. The van der Waals surface area contributed by atoms with Gasteiger partial charge in [-0.25, -0.2) is 0 Å². The average Bonchev–Trinajstić information content (AvgIpc) is 2.31. The first-order valence-corrected chi connectivity index (χ1v) is 5.62. The van der Waals surface area contributed by atoms with E-state index in [4.69, 9.17) is 9.47 Å². The van der Waals surface area contributed by atoms with Gasteiger partial charge in [0.05, 0.1) is 6.04 Å². The zero-order valence-electron chi connectivity index (χ0n) is 10.5. The van der Waals surface area contributed by atoms with Crippen molar-refractivity contribution in [3.63, 3.8) is 0 Å². The fraction of sp³-hybridized carbons (Fsp3) is 0.538. The molecule has 0 aliphatic heterocycles. The number of methoxy groups -OCH3 is 2. The Balaban J connectivity index is 2.58. The van der Waals surface area contributed by atoms with Crippen LogP contribution in [0.3, 0.4) is 0 Å². The van der Waals surface area contributed by atoms with Crippen LogP contribution in [-0.2, 0) is 15.9 Å². The van der Waals surface area contributed by atoms with Gasteiger partial charge in [-0.15, -0.1) is 0 Å². The molecule has 1 N–H and O–H groups in total. The Labute approximate surface area is 97.8 Å². The second kappa shape index (κ2) is 6.51. The van der Waals surface area contributed by atoms with Crippen LogP contribution in [0.2, 0.25) is 0 Å². The molecule has 0 fully saturated rings. The third-order valence-electron chi connectivity index (χ3n) is 2.63. The van der Waals surface area contributed by atoms with Crippen LogP contribution in [-0.4, -0.2) is 26.6 Å². The Morgan fingerprint density at radius 1 is 1.12 bits per heavy atom. The molecular weight excluding hydrogens is 202 g/mol. The Hall–Kier alpha value is -1.06. The van der Waals surface area contributed by atoms with E-state index < -0.39 is 0 Å². The average molecular weight is 223 g/mol. The fourth-order valence-electron chi connectivity index (χ4n) is 1.67. The van der Waals surface area contributed by atoms with E-state index in [9.17, 15) is 0 Å². The first-order chi connectivity index (χ1) is 7.71. The number of anilines is 1. The number of hydrogen-bond donors (Lipinski definition) is 1. The molecule has 0 amide bonds. The van der Waals surface area contributed by atoms with Crippen LogP contribution in [0.25, 0.3) is 0 Å². The van der Waals surface area contributed by atoms with E-state index in [1.165, 1.54) is 5.56 Å². The Kier molecular flexibility index (Phi) is 5.29. The highest BCUT2D eigenvalue weighted by molar-refractivity contribution is 5.45. The van der Waals surface area contributed by atoms with E-state index >= 15 is 0 Å². The Morgan fingerprint density at radius 3 is 2.12 bits per heavy atom. The van der Waals surface area contributed by atoms with Crippen molar-refractivity contribution < 1.29 is 9.47 Å². The van der Waals surface area contributed by atoms with Crippen molar-refractivity contribution in [1.29, 1.82) is 0 Å². The molecule has 0 saturated carbocycles. The van der Waals surface area contributed by atoms with Gasteiger partial charge in [-0.1, -0.05) is 19.1 Å². The van der Waals surface area contributed by atoms with Gasteiger partial charge >= 0.3 is 0 Å². The van der Waals surface area contributed by atoms with Gasteiger partial charge in [0.25, 0.3) is 0 Å². The summed E-state index contributed by atoms with van der Waals surface area (Å²) in [7, 11) is 3.29. The molecule has 0 aromatic heterocycles. The van der Waals surface area contributed by atoms with Gasteiger partial charge in [0, 0.05) is 19.9 Å². The topological polar surface area (TPSA) is 30.5 Å². The highest BCUT2D eigenvalue weighted by atomic mass is 16.7. The Morgan fingerprint density at radius 2 is 1.69 bits per heavy atom. The molecule has 1 aromatic carbocycles. The van der Waals surface area contributed by atoms with Crippen molar-refractivity contribution >= 4 is 5.69 Å². The lowest BCUT2D eigenvalue weighted by Crippen LogP contribution is -2.33. The summed E-state index contributed by atoms with van der Waals surface area (Å²) in [4.78, 5) is 0. The molecule has 0 heterocycles. The van der Waals surface area contributed by atoms with Gasteiger partial charge in [0.2, 0.25) is 0 Å². The van der Waals surface area contributed by atoms with Crippen LogP contribution >= 0.6 is 0 Å². The van der Waals surface area contributed by atoms with Crippen molar-refractivity contribution in [2.24, 2.45) is 0 Å². The smallest absolute Gasteiger partial charge is 0.176 e. The summed E-state index contributed by atoms with van der Waals surface area (Å²) < 4.78 is 10.4. The van der Waals surface area contributed by atoms with Crippen molar-refractivity contribution in [3.8, 4) is 0 Å². The molecule has 16 heavy (non-hydrogen) atoms. The monoisotopic (exact) mass is 223 g/mol. The van der Waals surface area contributed by atoms with Crippen LogP contribution in [0.1, 0.15) is 19.4 Å². The van der Waals surface area contributed by atoms with Crippen LogP contribution in [0.4, 0.5) is 5.69 Å². The molecule has 1 atom stereocenters. The van der Waals surface area contributed by atoms with Gasteiger partial charge < -0.3 is 14.8 Å². The van der Waals surface area contributed by atoms with E-state index in [1.54, 1.807) is 14.2 Å². The van der Waals surface area contributed by atoms with Gasteiger partial charge in [0.15, 0.2) is 6.29 Å². The van der Waals surface area contributed by atoms with Crippen LogP contribution in [0.5, 0.6) is 0 Å². The Bertz CT molecular complexity index is 293. The molecule has 1 aromatic rings. The largest absolute Gasteiger partial charge is 0.377 e. The molecule has 0 aliphatic carbocycles. The summed E-state index contributed by atoms with van der Waals surface area (Å²) >= 11 is 0. The van der Waals surface area contributed by atoms with Crippen molar-refractivity contribution in [2.75, 3.05) is 19.5 Å². The maximum atomic E-state index is 5.19. The molecule has 1 unspecified atom stereocenters. The number of ether oxygens (including phenoxy) is 2. The molecule has 0 saturated heterocycles. The quantitative estimate of drug-likeness (QED) is 0.752. The molecule has 3 nitrogen and oxygen atoms in total. The summed E-state index contributed by atoms with van der Waals surface area (Å²) in [6.45, 7) is 4.18. The third-order valence-corrected chi connectivity index (χ3v) is 2.63. The van der Waals surface area contributed by atoms with Gasteiger partial charge in [-0.2, -0.15) is 0 Å². The van der Waals surface area contributed by atoms with Gasteiger partial charge in [0.1, 0.15) is 0 Å². The van der Waals surface area contributed by atoms with Gasteiger partial charge in [-0.3, -0.25) is 0 Å². The second-order valence-corrected chi connectivity index (χ2v) is 3.82. The van der Waals surface area contributed by atoms with Crippen LogP contribution in [0, 0.1) is 0 Å². The molecule has 0 radical (unpaired) electrons. The SMILES string of the molecule is CCc1ccc(NC(C)C(OC)OC)cc1. The zero-order valence-corrected chi connectivity index (χ0v) is 10.5. The minimum Gasteiger partial charge on any atom is -0.377 e. The number of benzene rings is 1. The second-order valence-electron chi connectivity index (χ2n) is 3.82. The van der Waals surface area contributed by atoms with E-state index in [1.807, 2.05) is 6.92 Å². The first kappa shape index (κ1) is 13.0. The highest BCUT2D eigenvalue weighted by Gasteiger charge is 2.14. The summed E-state index contributed by atoms with van der Waals surface area (Å²) in [6.07, 6.45) is 0.833. The van der Waals surface area contributed by atoms with Crippen molar-refractivity contribution in [2.45, 2.75) is 32.6 Å². The summed E-state index contributed by atoms with van der Waals surface area (Å²) in [5.74, 6) is 0. The first-order valence-electron chi connectivity index (χ1n) is 5.62. The molecule has 0 bridgehead atoms. The predicted molar refractivity (Wildman–Crippen MR) is 66.7 cm³/mol. The minimum absolute atomic E-state index is 0.113. The van der Waals surface area contributed by atoms with E-state index in [-0.39, 0.29) is 12.3 Å². The van der Waals surface area contributed by atoms with Crippen LogP contribution < -0.4 is 5.32 Å². The normalized spacial score (nSPS) is 12.8. The highest BCUT2D eigenvalue weighted by Crippen LogP contribution is 2.13. The number of hydrogen-bond acceptors (Lipinski definition) is 3. The van der Waals surface area contributed by atoms with Crippen LogP contribution in [0.15, 0.2) is 24.3 Å². The van der Waals surface area contributed by atoms with E-state index in [0.717, 1.165) is 12.1 Å². The van der Waals surface area contributed by atoms with E-state index in [2.05, 4.69) is 36.5 Å². The number of aryl methyl sites for hydroxylation is 1. The fourth-order valence-corrected chi connectivity index (χ4v) is 1.67. The third kappa shape index (κ3) is 3.51. The molecule has 90 valence electrons. The maximum absolute atomic E-state index is 5.19. The summed E-state index contributed by atoms with van der Waals surface area (Å²) in [5.41, 5.74) is 2.43. The summed E-state index contributed by atoms with van der Waals surface area (Å²) in [6, 6.07) is 8.53. The summed E-state index contributed by atoms with van der Waals surface area (Å²) in [5, 5.41) is 3.35. The lowest BCUT2D eigenvalue weighted by atomic mass is 10.1. The predicted octanol–water partition coefficient (Wildman–Crippen LogP) is 2.67. The lowest BCUT2D eigenvalue weighted by molar-refractivity contribution is -0.109. The molecule has 1 rings (SSSR count). The van der Waals surface area contributed by atoms with Crippen molar-refractivity contribution in [1.82, 2.24) is 0 Å². The minimum atomic E-state index is -0.231. The number of rotatable bonds is 6.